The van der Waals surface area contributed by atoms with Crippen LogP contribution in [0.15, 0.2) is 53.7 Å². The summed E-state index contributed by atoms with van der Waals surface area (Å²) in [5.74, 6) is 0.485. The molecule has 6 heteroatoms. The molecule has 5 nitrogen and oxygen atoms in total. The van der Waals surface area contributed by atoms with Gasteiger partial charge in [0.05, 0.1) is 17.6 Å². The zero-order chi connectivity index (χ0) is 19.0. The number of para-hydroxylation sites is 1. The topological polar surface area (TPSA) is 60.0 Å². The fourth-order valence-electron chi connectivity index (χ4n) is 3.44. The molecule has 4 rings (SSSR count). The summed E-state index contributed by atoms with van der Waals surface area (Å²) in [5, 5.41) is 2.03. The maximum Gasteiger partial charge on any atom is 0.169 e. The number of nitrogens with zero attached hydrogens (tertiary/aromatic N) is 4. The van der Waals surface area contributed by atoms with Crippen LogP contribution in [0.2, 0.25) is 0 Å². The van der Waals surface area contributed by atoms with Crippen molar-refractivity contribution < 1.29 is 0 Å². The van der Waals surface area contributed by atoms with Crippen molar-refractivity contribution in [3.05, 3.63) is 59.7 Å². The van der Waals surface area contributed by atoms with Crippen molar-refractivity contribution in [1.29, 1.82) is 0 Å². The Morgan fingerprint density at radius 2 is 1.70 bits per heavy atom. The molecule has 0 fully saturated rings. The van der Waals surface area contributed by atoms with Crippen molar-refractivity contribution in [1.82, 2.24) is 19.4 Å². The van der Waals surface area contributed by atoms with Gasteiger partial charge >= 0.3 is 0 Å². The van der Waals surface area contributed by atoms with Gasteiger partial charge in [-0.2, -0.15) is 0 Å². The summed E-state index contributed by atoms with van der Waals surface area (Å²) < 4.78 is 2.25. The Bertz CT molecular complexity index is 1100. The maximum atomic E-state index is 6.22. The first kappa shape index (κ1) is 17.8. The van der Waals surface area contributed by atoms with Crippen LogP contribution in [0.4, 0.5) is 5.82 Å². The van der Waals surface area contributed by atoms with Crippen LogP contribution >= 0.6 is 11.8 Å². The van der Waals surface area contributed by atoms with Crippen LogP contribution in [-0.2, 0) is 13.1 Å². The molecule has 0 bridgehead atoms. The van der Waals surface area contributed by atoms with Crippen molar-refractivity contribution in [2.45, 2.75) is 18.2 Å². The van der Waals surface area contributed by atoms with Gasteiger partial charge in [0.25, 0.3) is 0 Å². The lowest BCUT2D eigenvalue weighted by molar-refractivity contribution is 0.402. The molecule has 0 radical (unpaired) electrons. The summed E-state index contributed by atoms with van der Waals surface area (Å²) >= 11 is 1.63. The largest absolute Gasteiger partial charge is 0.382 e. The van der Waals surface area contributed by atoms with E-state index in [1.807, 2.05) is 24.5 Å². The van der Waals surface area contributed by atoms with Crippen LogP contribution in [0, 0.1) is 0 Å². The second-order valence-electron chi connectivity index (χ2n) is 6.95. The minimum Gasteiger partial charge on any atom is -0.382 e. The van der Waals surface area contributed by atoms with Crippen LogP contribution < -0.4 is 5.73 Å². The molecule has 0 atom stereocenters. The van der Waals surface area contributed by atoms with Crippen molar-refractivity contribution in [2.24, 2.45) is 0 Å². The van der Waals surface area contributed by atoms with Gasteiger partial charge < -0.3 is 15.2 Å². The van der Waals surface area contributed by atoms with Crippen LogP contribution in [-0.4, -0.2) is 39.8 Å². The summed E-state index contributed by atoms with van der Waals surface area (Å²) in [7, 11) is 4.17. The second kappa shape index (κ2) is 7.21. The molecular formula is C21H23N5S. The molecule has 0 aliphatic rings. The lowest BCUT2D eigenvalue weighted by Crippen LogP contribution is -2.10. The molecule has 0 aliphatic heterocycles. The van der Waals surface area contributed by atoms with E-state index in [9.17, 15) is 0 Å². The number of fused-ring (bicyclic) bond motifs is 3. The average Bonchev–Trinajstić information content (AvgIpc) is 3.02. The van der Waals surface area contributed by atoms with Gasteiger partial charge in [-0.25, -0.2) is 9.97 Å². The summed E-state index contributed by atoms with van der Waals surface area (Å²) in [6, 6.07) is 16.9. The second-order valence-corrected chi connectivity index (χ2v) is 7.72. The van der Waals surface area contributed by atoms with Crippen LogP contribution in [0.5, 0.6) is 0 Å². The highest BCUT2D eigenvalue weighted by atomic mass is 32.2. The molecule has 2 N–H and O–H groups in total. The predicted molar refractivity (Wildman–Crippen MR) is 114 cm³/mol. The zero-order valence-electron chi connectivity index (χ0n) is 15.8. The fourth-order valence-corrected chi connectivity index (χ4v) is 4.00. The number of hydrogen-bond acceptors (Lipinski definition) is 5. The standard InChI is InChI=1S/C21H23N5S/c1-25(2)12-14-8-10-15(11-9-14)13-26-19-16-6-4-5-7-17(16)23-20(22)18(19)24-21(26)27-3/h4-11H,12-13H2,1-3H3,(H2,22,23). The number of imidazole rings is 1. The Labute approximate surface area is 163 Å². The monoisotopic (exact) mass is 377 g/mol. The minimum atomic E-state index is 0.485. The molecule has 2 heterocycles. The number of benzene rings is 2. The van der Waals surface area contributed by atoms with Gasteiger partial charge in [-0.3, -0.25) is 0 Å². The Kier molecular flexibility index (Phi) is 4.76. The fraction of sp³-hybridized carbons (Fsp3) is 0.238. The third kappa shape index (κ3) is 3.38. The average molecular weight is 378 g/mol. The SMILES string of the molecule is CSc1nc2c(N)nc3ccccc3c2n1Cc1ccc(CN(C)C)cc1. The summed E-state index contributed by atoms with van der Waals surface area (Å²) in [6.07, 6.45) is 2.05. The highest BCUT2D eigenvalue weighted by Crippen LogP contribution is 2.32. The molecule has 0 unspecified atom stereocenters. The van der Waals surface area contributed by atoms with E-state index >= 15 is 0 Å². The Morgan fingerprint density at radius 1 is 1.00 bits per heavy atom. The Morgan fingerprint density at radius 3 is 2.41 bits per heavy atom. The van der Waals surface area contributed by atoms with Crippen molar-refractivity contribution >= 4 is 39.5 Å². The first-order chi connectivity index (χ1) is 13.1. The van der Waals surface area contributed by atoms with Gasteiger partial charge in [0.2, 0.25) is 0 Å². The van der Waals surface area contributed by atoms with Crippen molar-refractivity contribution in [3.8, 4) is 0 Å². The maximum absolute atomic E-state index is 6.22. The number of anilines is 1. The molecule has 138 valence electrons. The van der Waals surface area contributed by atoms with E-state index in [0.29, 0.717) is 5.82 Å². The molecule has 0 saturated heterocycles. The molecule has 2 aromatic heterocycles. The molecule has 0 saturated carbocycles. The van der Waals surface area contributed by atoms with Gasteiger partial charge in [0.1, 0.15) is 5.52 Å². The summed E-state index contributed by atoms with van der Waals surface area (Å²) in [5.41, 5.74) is 11.5. The highest BCUT2D eigenvalue weighted by molar-refractivity contribution is 7.98. The van der Waals surface area contributed by atoms with Crippen LogP contribution in [0.25, 0.3) is 21.9 Å². The van der Waals surface area contributed by atoms with E-state index in [0.717, 1.165) is 40.2 Å². The molecule has 4 aromatic rings. The highest BCUT2D eigenvalue weighted by Gasteiger charge is 2.17. The van der Waals surface area contributed by atoms with E-state index in [-0.39, 0.29) is 0 Å². The van der Waals surface area contributed by atoms with Gasteiger partial charge in [-0.1, -0.05) is 54.2 Å². The molecular weight excluding hydrogens is 354 g/mol. The van der Waals surface area contributed by atoms with Gasteiger partial charge in [0.15, 0.2) is 11.0 Å². The van der Waals surface area contributed by atoms with Crippen molar-refractivity contribution in [2.75, 3.05) is 26.1 Å². The molecule has 0 amide bonds. The normalized spacial score (nSPS) is 11.7. The molecule has 0 spiro atoms. The van der Waals surface area contributed by atoms with E-state index in [1.165, 1.54) is 11.1 Å². The number of aromatic nitrogens is 3. The number of nitrogens with two attached hydrogens (primary N) is 1. The van der Waals surface area contributed by atoms with E-state index in [1.54, 1.807) is 11.8 Å². The van der Waals surface area contributed by atoms with E-state index in [2.05, 4.69) is 58.9 Å². The lowest BCUT2D eigenvalue weighted by Gasteiger charge is -2.12. The van der Waals surface area contributed by atoms with Gasteiger partial charge in [-0.15, -0.1) is 0 Å². The number of thioether (sulfide) groups is 1. The van der Waals surface area contributed by atoms with E-state index < -0.39 is 0 Å². The molecule has 0 aliphatic carbocycles. The first-order valence-electron chi connectivity index (χ1n) is 8.88. The smallest absolute Gasteiger partial charge is 0.169 e. The summed E-state index contributed by atoms with van der Waals surface area (Å²) in [6.45, 7) is 1.69. The quantitative estimate of drug-likeness (QED) is 0.533. The van der Waals surface area contributed by atoms with Crippen molar-refractivity contribution in [3.63, 3.8) is 0 Å². The van der Waals surface area contributed by atoms with E-state index in [4.69, 9.17) is 10.7 Å². The lowest BCUT2D eigenvalue weighted by atomic mass is 10.1. The third-order valence-electron chi connectivity index (χ3n) is 4.62. The van der Waals surface area contributed by atoms with Gasteiger partial charge in [-0.05, 0) is 37.5 Å². The third-order valence-corrected chi connectivity index (χ3v) is 5.30. The number of nitrogen functional groups attached to an aromatic ring is 1. The Balaban J connectivity index is 1.83. The Hall–Kier alpha value is -2.57. The zero-order valence-corrected chi connectivity index (χ0v) is 16.6. The van der Waals surface area contributed by atoms with Crippen LogP contribution in [0.3, 0.4) is 0 Å². The minimum absolute atomic E-state index is 0.485. The first-order valence-corrected chi connectivity index (χ1v) is 10.1. The summed E-state index contributed by atoms with van der Waals surface area (Å²) in [4.78, 5) is 11.5. The number of rotatable bonds is 5. The van der Waals surface area contributed by atoms with Crippen LogP contribution in [0.1, 0.15) is 11.1 Å². The molecule has 2 aromatic carbocycles. The predicted octanol–water partition coefficient (Wildman–Crippen LogP) is 4.00. The number of hydrogen-bond donors (Lipinski definition) is 1. The number of pyridine rings is 1. The van der Waals surface area contributed by atoms with Gasteiger partial charge in [0, 0.05) is 11.9 Å². The molecule has 27 heavy (non-hydrogen) atoms.